The molecule has 1 unspecified atom stereocenters. The number of carbonyl (C=O) groups is 1. The van der Waals surface area contributed by atoms with Gasteiger partial charge in [0.1, 0.15) is 5.82 Å². The molecule has 1 saturated carbocycles. The molecule has 2 aromatic rings. The predicted molar refractivity (Wildman–Crippen MR) is 254 cm³/mol. The molecule has 0 saturated heterocycles. The maximum Gasteiger partial charge on any atom is 0.264 e. The fourth-order valence-electron chi connectivity index (χ4n) is 7.08. The molecule has 1 aliphatic carbocycles. The van der Waals surface area contributed by atoms with E-state index in [2.05, 4.69) is 106 Å². The van der Waals surface area contributed by atoms with Crippen molar-refractivity contribution in [2.45, 2.75) is 203 Å². The van der Waals surface area contributed by atoms with E-state index in [1.807, 2.05) is 12.1 Å². The first-order valence-electron chi connectivity index (χ1n) is 22.0. The zero-order valence-electron chi connectivity index (χ0n) is 39.3. The van der Waals surface area contributed by atoms with Gasteiger partial charge < -0.3 is 13.3 Å². The molecular weight excluding hydrogens is 830 g/mol. The summed E-state index contributed by atoms with van der Waals surface area (Å²) in [6, 6.07) is 15.0. The summed E-state index contributed by atoms with van der Waals surface area (Å²) in [6.07, 6.45) is 7.34. The Labute approximate surface area is 367 Å². The van der Waals surface area contributed by atoms with Gasteiger partial charge in [0.15, 0.2) is 25.0 Å². The van der Waals surface area contributed by atoms with Gasteiger partial charge in [-0.05, 0) is 123 Å². The third kappa shape index (κ3) is 15.2. The van der Waals surface area contributed by atoms with Gasteiger partial charge in [-0.1, -0.05) is 112 Å². The number of hydrogen-bond donors (Lipinski definition) is 1. The van der Waals surface area contributed by atoms with Crippen LogP contribution in [0.2, 0.25) is 54.4 Å². The molecule has 3 rings (SSSR count). The van der Waals surface area contributed by atoms with Crippen molar-refractivity contribution < 1.29 is 30.9 Å². The molecular formula is C46H80FNO6S2Si3. The highest BCUT2D eigenvalue weighted by Gasteiger charge is 2.51. The van der Waals surface area contributed by atoms with Crippen LogP contribution in [0.25, 0.3) is 0 Å². The summed E-state index contributed by atoms with van der Waals surface area (Å²) in [5.74, 6) is 0.595. The van der Waals surface area contributed by atoms with Crippen molar-refractivity contribution in [2.75, 3.05) is 5.75 Å². The summed E-state index contributed by atoms with van der Waals surface area (Å²) in [5, 5.41) is 0.158. The highest BCUT2D eigenvalue weighted by molar-refractivity contribution is 7.99. The lowest BCUT2D eigenvalue weighted by Crippen LogP contribution is -2.46. The smallest absolute Gasteiger partial charge is 0.264 e. The summed E-state index contributed by atoms with van der Waals surface area (Å²) in [5.41, 5.74) is 0. The summed E-state index contributed by atoms with van der Waals surface area (Å²) in [4.78, 5) is 13.4. The highest BCUT2D eigenvalue weighted by atomic mass is 32.2. The molecule has 0 aromatic heterocycles. The lowest BCUT2D eigenvalue weighted by Gasteiger charge is -2.41. The second-order valence-electron chi connectivity index (χ2n) is 21.5. The summed E-state index contributed by atoms with van der Waals surface area (Å²) in [7, 11) is -10.3. The number of thioether (sulfide) groups is 1. The van der Waals surface area contributed by atoms with Crippen LogP contribution in [0.5, 0.6) is 0 Å². The number of benzene rings is 2. The molecule has 0 aliphatic heterocycles. The number of amides is 1. The van der Waals surface area contributed by atoms with Gasteiger partial charge in [-0.15, -0.1) is 11.8 Å². The second kappa shape index (κ2) is 20.9. The van der Waals surface area contributed by atoms with Crippen molar-refractivity contribution in [3.63, 3.8) is 0 Å². The lowest BCUT2D eigenvalue weighted by atomic mass is 9.85. The predicted octanol–water partition coefficient (Wildman–Crippen LogP) is 13.4. The Morgan fingerprint density at radius 3 is 1.75 bits per heavy atom. The number of sulfonamides is 1. The third-order valence-corrected chi connectivity index (χ3v) is 29.9. The zero-order chi connectivity index (χ0) is 44.7. The zero-order valence-corrected chi connectivity index (χ0v) is 43.9. The van der Waals surface area contributed by atoms with E-state index in [4.69, 9.17) is 13.3 Å². The van der Waals surface area contributed by atoms with E-state index in [1.165, 1.54) is 18.2 Å². The Hall–Kier alpha value is -1.33. The fourth-order valence-corrected chi connectivity index (χ4v) is 13.4. The van der Waals surface area contributed by atoms with Gasteiger partial charge in [-0.3, -0.25) is 4.79 Å². The van der Waals surface area contributed by atoms with E-state index >= 15 is 0 Å². The molecule has 336 valence electrons. The quantitative estimate of drug-likeness (QED) is 0.0758. The van der Waals surface area contributed by atoms with Gasteiger partial charge in [0.25, 0.3) is 10.0 Å². The summed E-state index contributed by atoms with van der Waals surface area (Å²) >= 11 is 1.56. The van der Waals surface area contributed by atoms with E-state index in [9.17, 15) is 17.6 Å². The van der Waals surface area contributed by atoms with Gasteiger partial charge in [0.2, 0.25) is 5.91 Å². The molecule has 0 spiro atoms. The Morgan fingerprint density at radius 2 is 1.22 bits per heavy atom. The Balaban J connectivity index is 1.86. The lowest BCUT2D eigenvalue weighted by molar-refractivity contribution is -0.119. The number of unbranched alkanes of at least 4 members (excludes halogenated alkanes) is 3. The minimum Gasteiger partial charge on any atom is -0.414 e. The van der Waals surface area contributed by atoms with Crippen LogP contribution in [0.3, 0.4) is 0 Å². The van der Waals surface area contributed by atoms with E-state index < -0.39 is 40.9 Å². The van der Waals surface area contributed by atoms with E-state index in [0.29, 0.717) is 23.0 Å². The van der Waals surface area contributed by atoms with Crippen LogP contribution in [0.4, 0.5) is 4.39 Å². The van der Waals surface area contributed by atoms with Gasteiger partial charge in [0, 0.05) is 17.1 Å². The molecule has 13 heteroatoms. The minimum atomic E-state index is -3.88. The standard InChI is InChI=1S/C46H80FNO6S2Si3/c1-44(2,3)57(10,11)52-35(34-55-42-29-24-23-28-39(42)47)31-32-38-37(27-21-16-17-22-30-43(49)48-56(50,51)36-25-19-18-20-26-36)40(53-58(12,13)45(4,5)6)33-41(38)54-59(14,15)46(7,8)9/h18-20,23-26,28-29,35,37-38,40-41H,16-17,21-22,27,30-34H2,1-15H3,(H,48,49)/t35?,37-,38-,40+,41-/m1/s1. The van der Waals surface area contributed by atoms with Crippen molar-refractivity contribution in [1.82, 2.24) is 4.72 Å². The molecule has 5 atom stereocenters. The third-order valence-electron chi connectivity index (χ3n) is 13.8. The minimum absolute atomic E-state index is 0.0353. The average molecular weight is 911 g/mol. The maximum atomic E-state index is 14.9. The highest BCUT2D eigenvalue weighted by Crippen LogP contribution is 2.49. The number of nitrogens with one attached hydrogen (secondary N) is 1. The summed E-state index contributed by atoms with van der Waals surface area (Å²) < 4.78 is 64.4. The Kier molecular flexibility index (Phi) is 18.4. The molecule has 0 bridgehead atoms. The van der Waals surface area contributed by atoms with Crippen LogP contribution < -0.4 is 4.72 Å². The second-order valence-corrected chi connectivity index (χ2v) is 38.5. The van der Waals surface area contributed by atoms with Crippen molar-refractivity contribution in [2.24, 2.45) is 11.8 Å². The van der Waals surface area contributed by atoms with E-state index in [1.54, 1.807) is 36.0 Å². The monoisotopic (exact) mass is 909 g/mol. The van der Waals surface area contributed by atoms with Gasteiger partial charge >= 0.3 is 0 Å². The fraction of sp³-hybridized carbons (Fsp3) is 0.717. The number of halogens is 1. The van der Waals surface area contributed by atoms with E-state index in [0.717, 1.165) is 44.9 Å². The molecule has 1 N–H and O–H groups in total. The molecule has 2 aromatic carbocycles. The van der Waals surface area contributed by atoms with Crippen LogP contribution in [0.1, 0.15) is 120 Å². The number of carbonyl (C=O) groups excluding carboxylic acids is 1. The van der Waals surface area contributed by atoms with Crippen LogP contribution >= 0.6 is 11.8 Å². The van der Waals surface area contributed by atoms with Crippen molar-refractivity contribution in [3.8, 4) is 0 Å². The molecule has 1 amide bonds. The largest absolute Gasteiger partial charge is 0.414 e. The normalized spacial score (nSPS) is 20.5. The first-order chi connectivity index (χ1) is 27.0. The first-order valence-corrected chi connectivity index (χ1v) is 33.2. The maximum absolute atomic E-state index is 14.9. The molecule has 0 radical (unpaired) electrons. The summed E-state index contributed by atoms with van der Waals surface area (Å²) in [6.45, 7) is 34.7. The van der Waals surface area contributed by atoms with Crippen LogP contribution in [0, 0.1) is 17.7 Å². The topological polar surface area (TPSA) is 90.9 Å². The molecule has 0 heterocycles. The van der Waals surface area contributed by atoms with Gasteiger partial charge in [-0.2, -0.15) is 0 Å². The van der Waals surface area contributed by atoms with E-state index in [-0.39, 0.29) is 56.5 Å². The SMILES string of the molecule is CC(C)(C)[Si](C)(C)OC(CC[C@@H]1[C@@H](CCCCCCC(=O)NS(=O)(=O)c2ccccc2)[C@@H](O[Si](C)(C)C(C)(C)C)C[C@H]1O[Si](C)(C)C(C)(C)C)CSc1ccccc1F. The van der Waals surface area contributed by atoms with Crippen molar-refractivity contribution >= 4 is 52.6 Å². The molecule has 1 aliphatic rings. The molecule has 7 nitrogen and oxygen atoms in total. The van der Waals surface area contributed by atoms with Crippen molar-refractivity contribution in [3.05, 3.63) is 60.4 Å². The van der Waals surface area contributed by atoms with Crippen LogP contribution in [-0.4, -0.2) is 63.3 Å². The molecule has 1 fully saturated rings. The number of rotatable bonds is 21. The van der Waals surface area contributed by atoms with Gasteiger partial charge in [0.05, 0.1) is 23.2 Å². The first kappa shape index (κ1) is 52.0. The average Bonchev–Trinajstić information content (AvgIpc) is 3.40. The number of hydrogen-bond acceptors (Lipinski definition) is 7. The Morgan fingerprint density at radius 1 is 0.729 bits per heavy atom. The van der Waals surface area contributed by atoms with Gasteiger partial charge in [-0.25, -0.2) is 17.5 Å². The van der Waals surface area contributed by atoms with Crippen molar-refractivity contribution in [1.29, 1.82) is 0 Å². The Bertz CT molecular complexity index is 1740. The van der Waals surface area contributed by atoms with Crippen LogP contribution in [-0.2, 0) is 28.1 Å². The van der Waals surface area contributed by atoms with Crippen LogP contribution in [0.15, 0.2) is 64.4 Å². The molecule has 59 heavy (non-hydrogen) atoms.